The predicted octanol–water partition coefficient (Wildman–Crippen LogP) is 3.69. The van der Waals surface area contributed by atoms with Crippen molar-refractivity contribution in [3.63, 3.8) is 0 Å². The Balaban J connectivity index is 1.56. The highest BCUT2D eigenvalue weighted by molar-refractivity contribution is 5.68. The van der Waals surface area contributed by atoms with Crippen LogP contribution in [0.15, 0.2) is 60.9 Å². The molecule has 6 nitrogen and oxygen atoms in total. The first kappa shape index (κ1) is 16.2. The summed E-state index contributed by atoms with van der Waals surface area (Å²) in [5, 5.41) is 16.0. The first-order chi connectivity index (χ1) is 12.7. The van der Waals surface area contributed by atoms with E-state index in [4.69, 9.17) is 9.84 Å². The maximum absolute atomic E-state index is 11.0. The summed E-state index contributed by atoms with van der Waals surface area (Å²) in [5.41, 5.74) is 4.07. The highest BCUT2D eigenvalue weighted by atomic mass is 16.5. The van der Waals surface area contributed by atoms with Crippen LogP contribution in [0.2, 0.25) is 0 Å². The molecular formula is C20H19N3O3. The summed E-state index contributed by atoms with van der Waals surface area (Å²) in [6, 6.07) is 15.8. The van der Waals surface area contributed by atoms with Gasteiger partial charge < -0.3 is 15.2 Å². The second kappa shape index (κ2) is 6.92. The van der Waals surface area contributed by atoms with E-state index >= 15 is 0 Å². The summed E-state index contributed by atoms with van der Waals surface area (Å²) < 4.78 is 7.64. The van der Waals surface area contributed by atoms with Gasteiger partial charge in [-0.1, -0.05) is 42.5 Å². The fourth-order valence-corrected chi connectivity index (χ4v) is 3.24. The Kier molecular flexibility index (Phi) is 4.31. The molecule has 2 N–H and O–H groups in total. The molecule has 0 spiro atoms. The lowest BCUT2D eigenvalue weighted by molar-refractivity contribution is 0.182. The van der Waals surface area contributed by atoms with Gasteiger partial charge >= 0.3 is 6.09 Å². The quantitative estimate of drug-likeness (QED) is 0.753. The fraction of sp³-hybridized carbons (Fsp3) is 0.200. The standard InChI is InChI=1S/C20H19N3O3/c24-20(25)22-18-8-9-26-19-10-15(6-7-17(18)19)16-11-21-23(13-16)12-14-4-2-1-3-5-14/h1-7,10-11,13,18,22H,8-9,12H2,(H,24,25). The SMILES string of the molecule is O=C(O)NC1CCOc2cc(-c3cnn(Cc4ccccc4)c3)ccc21. The van der Waals surface area contributed by atoms with E-state index < -0.39 is 6.09 Å². The summed E-state index contributed by atoms with van der Waals surface area (Å²) in [4.78, 5) is 11.0. The maximum Gasteiger partial charge on any atom is 0.405 e. The minimum absolute atomic E-state index is 0.230. The van der Waals surface area contributed by atoms with Crippen LogP contribution in [0.1, 0.15) is 23.6 Å². The number of nitrogens with one attached hydrogen (secondary N) is 1. The summed E-state index contributed by atoms with van der Waals surface area (Å²) >= 11 is 0. The van der Waals surface area contributed by atoms with E-state index in [2.05, 4.69) is 22.5 Å². The smallest absolute Gasteiger partial charge is 0.405 e. The van der Waals surface area contributed by atoms with Crippen molar-refractivity contribution in [3.05, 3.63) is 72.1 Å². The monoisotopic (exact) mass is 349 g/mol. The van der Waals surface area contributed by atoms with Gasteiger partial charge in [0.2, 0.25) is 0 Å². The van der Waals surface area contributed by atoms with Crippen molar-refractivity contribution < 1.29 is 14.6 Å². The van der Waals surface area contributed by atoms with E-state index in [9.17, 15) is 4.79 Å². The number of ether oxygens (including phenoxy) is 1. The average Bonchev–Trinajstić information content (AvgIpc) is 3.10. The number of aromatic nitrogens is 2. The molecule has 3 aromatic rings. The summed E-state index contributed by atoms with van der Waals surface area (Å²) in [7, 11) is 0. The van der Waals surface area contributed by atoms with Crippen molar-refractivity contribution in [2.75, 3.05) is 6.61 Å². The van der Waals surface area contributed by atoms with Gasteiger partial charge in [0.15, 0.2) is 0 Å². The van der Waals surface area contributed by atoms with Gasteiger partial charge in [-0.15, -0.1) is 0 Å². The van der Waals surface area contributed by atoms with Gasteiger partial charge in [-0.05, 0) is 17.2 Å². The number of amides is 1. The van der Waals surface area contributed by atoms with Crippen LogP contribution in [-0.4, -0.2) is 27.6 Å². The van der Waals surface area contributed by atoms with Gasteiger partial charge in [0.1, 0.15) is 5.75 Å². The molecule has 4 rings (SSSR count). The normalized spacial score (nSPS) is 15.8. The number of hydrogen-bond acceptors (Lipinski definition) is 3. The third-order valence-corrected chi connectivity index (χ3v) is 4.50. The molecule has 0 fully saturated rings. The third-order valence-electron chi connectivity index (χ3n) is 4.50. The number of benzene rings is 2. The second-order valence-electron chi connectivity index (χ2n) is 6.30. The molecule has 0 radical (unpaired) electrons. The van der Waals surface area contributed by atoms with Gasteiger partial charge in [-0.25, -0.2) is 4.79 Å². The highest BCUT2D eigenvalue weighted by Gasteiger charge is 2.23. The molecule has 0 aliphatic carbocycles. The van der Waals surface area contributed by atoms with E-state index in [-0.39, 0.29) is 6.04 Å². The topological polar surface area (TPSA) is 76.4 Å². The van der Waals surface area contributed by atoms with Gasteiger partial charge in [0.25, 0.3) is 0 Å². The third kappa shape index (κ3) is 3.39. The largest absolute Gasteiger partial charge is 0.493 e. The van der Waals surface area contributed by atoms with E-state index in [0.29, 0.717) is 19.6 Å². The van der Waals surface area contributed by atoms with Gasteiger partial charge in [0, 0.05) is 23.7 Å². The molecule has 1 amide bonds. The first-order valence-corrected chi connectivity index (χ1v) is 8.52. The molecule has 0 saturated heterocycles. The summed E-state index contributed by atoms with van der Waals surface area (Å²) in [6.45, 7) is 1.21. The van der Waals surface area contributed by atoms with Crippen molar-refractivity contribution in [1.82, 2.24) is 15.1 Å². The Bertz CT molecular complexity index is 921. The zero-order chi connectivity index (χ0) is 17.9. The molecule has 1 unspecified atom stereocenters. The average molecular weight is 349 g/mol. The molecule has 2 heterocycles. The minimum atomic E-state index is -1.02. The summed E-state index contributed by atoms with van der Waals surface area (Å²) in [6.07, 6.45) is 3.45. The lowest BCUT2D eigenvalue weighted by atomic mass is 9.97. The van der Waals surface area contributed by atoms with Crippen LogP contribution in [0.4, 0.5) is 4.79 Å². The van der Waals surface area contributed by atoms with Crippen LogP contribution < -0.4 is 10.1 Å². The molecule has 1 aliphatic rings. The van der Waals surface area contributed by atoms with E-state index in [0.717, 1.165) is 22.4 Å². The van der Waals surface area contributed by atoms with Crippen molar-refractivity contribution in [2.24, 2.45) is 0 Å². The molecule has 2 aromatic carbocycles. The zero-order valence-electron chi connectivity index (χ0n) is 14.1. The molecular weight excluding hydrogens is 330 g/mol. The molecule has 6 heteroatoms. The molecule has 1 aromatic heterocycles. The van der Waals surface area contributed by atoms with Crippen LogP contribution in [0.5, 0.6) is 5.75 Å². The lowest BCUT2D eigenvalue weighted by Gasteiger charge is -2.26. The van der Waals surface area contributed by atoms with Crippen molar-refractivity contribution >= 4 is 6.09 Å². The predicted molar refractivity (Wildman–Crippen MR) is 97.2 cm³/mol. The highest BCUT2D eigenvalue weighted by Crippen LogP contribution is 2.35. The Hall–Kier alpha value is -3.28. The number of rotatable bonds is 4. The Morgan fingerprint density at radius 2 is 2.08 bits per heavy atom. The number of fused-ring (bicyclic) bond motifs is 1. The summed E-state index contributed by atoms with van der Waals surface area (Å²) in [5.74, 6) is 0.725. The first-order valence-electron chi connectivity index (χ1n) is 8.52. The lowest BCUT2D eigenvalue weighted by Crippen LogP contribution is -2.30. The maximum atomic E-state index is 11.0. The zero-order valence-corrected chi connectivity index (χ0v) is 14.1. The van der Waals surface area contributed by atoms with Crippen LogP contribution >= 0.6 is 0 Å². The van der Waals surface area contributed by atoms with Crippen molar-refractivity contribution in [1.29, 1.82) is 0 Å². The van der Waals surface area contributed by atoms with Crippen molar-refractivity contribution in [3.8, 4) is 16.9 Å². The van der Waals surface area contributed by atoms with Crippen LogP contribution in [0.3, 0.4) is 0 Å². The molecule has 0 saturated carbocycles. The van der Waals surface area contributed by atoms with Crippen molar-refractivity contribution in [2.45, 2.75) is 19.0 Å². The molecule has 1 atom stereocenters. The number of nitrogens with zero attached hydrogens (tertiary/aromatic N) is 2. The molecule has 132 valence electrons. The van der Waals surface area contributed by atoms with Gasteiger partial charge in [-0.2, -0.15) is 5.10 Å². The van der Waals surface area contributed by atoms with Crippen LogP contribution in [0.25, 0.3) is 11.1 Å². The number of hydrogen-bond donors (Lipinski definition) is 2. The van der Waals surface area contributed by atoms with Crippen LogP contribution in [-0.2, 0) is 6.54 Å². The fourth-order valence-electron chi connectivity index (χ4n) is 3.24. The van der Waals surface area contributed by atoms with Crippen LogP contribution in [0, 0.1) is 0 Å². The van der Waals surface area contributed by atoms with Gasteiger partial charge in [0.05, 0.1) is 25.4 Å². The Labute approximate surface area is 151 Å². The van der Waals surface area contributed by atoms with E-state index in [1.165, 1.54) is 5.56 Å². The Morgan fingerprint density at radius 1 is 1.23 bits per heavy atom. The molecule has 26 heavy (non-hydrogen) atoms. The molecule has 1 aliphatic heterocycles. The Morgan fingerprint density at radius 3 is 2.88 bits per heavy atom. The van der Waals surface area contributed by atoms with E-state index in [1.54, 1.807) is 0 Å². The molecule has 0 bridgehead atoms. The number of carboxylic acid groups (broad SMARTS) is 1. The van der Waals surface area contributed by atoms with Gasteiger partial charge in [-0.3, -0.25) is 4.68 Å². The second-order valence-corrected chi connectivity index (χ2v) is 6.30. The van der Waals surface area contributed by atoms with E-state index in [1.807, 2.05) is 53.5 Å². The minimum Gasteiger partial charge on any atom is -0.493 e. The number of carbonyl (C=O) groups is 1.